The number of hydrogen-bond acceptors (Lipinski definition) is 2. The van der Waals surface area contributed by atoms with E-state index in [1.807, 2.05) is 0 Å². The van der Waals surface area contributed by atoms with Gasteiger partial charge in [-0.3, -0.25) is 9.59 Å². The number of hydrogen-bond donors (Lipinski definition) is 2. The highest BCUT2D eigenvalue weighted by atomic mass is 19.1. The Morgan fingerprint density at radius 1 is 0.731 bits per heavy atom. The molecule has 1 saturated carbocycles. The third kappa shape index (κ3) is 4.65. The number of amides is 2. The normalized spacial score (nSPS) is 19.6. The van der Waals surface area contributed by atoms with Gasteiger partial charge in [0.05, 0.1) is 0 Å². The Morgan fingerprint density at radius 2 is 1.12 bits per heavy atom. The molecule has 2 amide bonds. The van der Waals surface area contributed by atoms with Crippen molar-refractivity contribution >= 4 is 23.2 Å². The van der Waals surface area contributed by atoms with E-state index in [1.165, 1.54) is 24.3 Å². The summed E-state index contributed by atoms with van der Waals surface area (Å²) in [5, 5.41) is 5.44. The van der Waals surface area contributed by atoms with E-state index in [-0.39, 0.29) is 23.7 Å². The zero-order valence-corrected chi connectivity index (χ0v) is 14.2. The van der Waals surface area contributed by atoms with Crippen molar-refractivity contribution in [2.24, 2.45) is 11.8 Å². The second-order valence-electron chi connectivity index (χ2n) is 6.55. The van der Waals surface area contributed by atoms with Crippen molar-refractivity contribution in [3.8, 4) is 0 Å². The van der Waals surface area contributed by atoms with E-state index < -0.39 is 11.6 Å². The van der Waals surface area contributed by atoms with Crippen LogP contribution in [0.25, 0.3) is 0 Å². The number of anilines is 2. The van der Waals surface area contributed by atoms with Gasteiger partial charge in [-0.25, -0.2) is 8.78 Å². The summed E-state index contributed by atoms with van der Waals surface area (Å²) in [5.41, 5.74) is 0.863. The molecule has 0 aromatic heterocycles. The Hall–Kier alpha value is -2.76. The summed E-state index contributed by atoms with van der Waals surface area (Å²) < 4.78 is 26.4. The van der Waals surface area contributed by atoms with Gasteiger partial charge in [0.2, 0.25) is 11.8 Å². The van der Waals surface area contributed by atoms with Gasteiger partial charge in [-0.2, -0.15) is 0 Å². The summed E-state index contributed by atoms with van der Waals surface area (Å²) in [6.07, 6.45) is 2.34. The molecule has 0 heterocycles. The van der Waals surface area contributed by atoms with Crippen LogP contribution in [0.4, 0.5) is 20.2 Å². The monoisotopic (exact) mass is 358 g/mol. The van der Waals surface area contributed by atoms with Crippen LogP contribution in [0.15, 0.2) is 48.5 Å². The molecule has 0 atom stereocenters. The molecule has 0 spiro atoms. The Morgan fingerprint density at radius 3 is 1.46 bits per heavy atom. The minimum Gasteiger partial charge on any atom is -0.326 e. The van der Waals surface area contributed by atoms with Gasteiger partial charge in [-0.1, -0.05) is 12.1 Å². The molecule has 0 bridgehead atoms. The molecule has 0 radical (unpaired) electrons. The van der Waals surface area contributed by atoms with Gasteiger partial charge in [-0.15, -0.1) is 0 Å². The first-order chi connectivity index (χ1) is 12.5. The van der Waals surface area contributed by atoms with Crippen molar-refractivity contribution in [2.45, 2.75) is 25.7 Å². The van der Waals surface area contributed by atoms with Crippen LogP contribution in [0, 0.1) is 23.5 Å². The van der Waals surface area contributed by atoms with Crippen molar-refractivity contribution in [1.29, 1.82) is 0 Å². The highest BCUT2D eigenvalue weighted by Gasteiger charge is 2.30. The van der Waals surface area contributed by atoms with Gasteiger partial charge in [-0.05, 0) is 62.1 Å². The van der Waals surface area contributed by atoms with Gasteiger partial charge in [0.1, 0.15) is 11.6 Å². The molecule has 0 saturated heterocycles. The first-order valence-electron chi connectivity index (χ1n) is 8.64. The van der Waals surface area contributed by atoms with Gasteiger partial charge >= 0.3 is 0 Å². The van der Waals surface area contributed by atoms with E-state index in [9.17, 15) is 18.4 Å². The highest BCUT2D eigenvalue weighted by molar-refractivity contribution is 5.94. The Labute approximate surface area is 150 Å². The SMILES string of the molecule is O=C(Nc1cccc(F)c1)C1CCC(C(=O)Nc2cccc(F)c2)CC1. The lowest BCUT2D eigenvalue weighted by Gasteiger charge is -2.27. The fourth-order valence-corrected chi connectivity index (χ4v) is 3.24. The average molecular weight is 358 g/mol. The molecule has 3 rings (SSSR count). The molecule has 2 aromatic rings. The van der Waals surface area contributed by atoms with Gasteiger partial charge in [0.25, 0.3) is 0 Å². The van der Waals surface area contributed by atoms with Crippen LogP contribution in [0.3, 0.4) is 0 Å². The molecule has 136 valence electrons. The molecule has 2 aromatic carbocycles. The Kier molecular flexibility index (Phi) is 5.61. The molecule has 1 aliphatic rings. The van der Waals surface area contributed by atoms with Gasteiger partial charge < -0.3 is 10.6 Å². The van der Waals surface area contributed by atoms with E-state index in [2.05, 4.69) is 10.6 Å². The summed E-state index contributed by atoms with van der Waals surface area (Å²) in [6.45, 7) is 0. The quantitative estimate of drug-likeness (QED) is 0.854. The van der Waals surface area contributed by atoms with Crippen LogP contribution in [-0.2, 0) is 9.59 Å². The van der Waals surface area contributed by atoms with Gasteiger partial charge in [0, 0.05) is 23.2 Å². The van der Waals surface area contributed by atoms with Crippen molar-refractivity contribution in [1.82, 2.24) is 0 Å². The summed E-state index contributed by atoms with van der Waals surface area (Å²) in [4.78, 5) is 24.6. The average Bonchev–Trinajstić information content (AvgIpc) is 2.62. The molecule has 2 N–H and O–H groups in total. The van der Waals surface area contributed by atoms with E-state index in [1.54, 1.807) is 24.3 Å². The van der Waals surface area contributed by atoms with Gasteiger partial charge in [0.15, 0.2) is 0 Å². The maximum absolute atomic E-state index is 13.2. The summed E-state index contributed by atoms with van der Waals surface area (Å²) in [7, 11) is 0. The van der Waals surface area contributed by atoms with E-state index in [0.717, 1.165) is 0 Å². The molecule has 1 aliphatic carbocycles. The van der Waals surface area contributed by atoms with Crippen molar-refractivity contribution in [3.63, 3.8) is 0 Å². The first-order valence-corrected chi connectivity index (χ1v) is 8.64. The standard InChI is InChI=1S/C20H20F2N2O2/c21-15-3-1-5-17(11-15)23-19(25)13-7-9-14(10-8-13)20(26)24-18-6-2-4-16(22)12-18/h1-6,11-14H,7-10H2,(H,23,25)(H,24,26). The molecular formula is C20H20F2N2O2. The zero-order valence-electron chi connectivity index (χ0n) is 14.2. The maximum atomic E-state index is 13.2. The lowest BCUT2D eigenvalue weighted by Crippen LogP contribution is -2.32. The molecule has 26 heavy (non-hydrogen) atoms. The third-order valence-corrected chi connectivity index (χ3v) is 4.65. The molecule has 0 unspecified atom stereocenters. The summed E-state index contributed by atoms with van der Waals surface area (Å²) in [5.74, 6) is -1.51. The molecule has 4 nitrogen and oxygen atoms in total. The zero-order chi connectivity index (χ0) is 18.5. The van der Waals surface area contributed by atoms with Crippen molar-refractivity contribution in [3.05, 3.63) is 60.2 Å². The smallest absolute Gasteiger partial charge is 0.227 e. The number of carbonyl (C=O) groups excluding carboxylic acids is 2. The molecular weight excluding hydrogens is 338 g/mol. The minimum absolute atomic E-state index is 0.153. The third-order valence-electron chi connectivity index (χ3n) is 4.65. The van der Waals surface area contributed by atoms with E-state index >= 15 is 0 Å². The number of benzene rings is 2. The van der Waals surface area contributed by atoms with E-state index in [4.69, 9.17) is 0 Å². The highest BCUT2D eigenvalue weighted by Crippen LogP contribution is 2.30. The van der Waals surface area contributed by atoms with Crippen LogP contribution < -0.4 is 10.6 Å². The van der Waals surface area contributed by atoms with Crippen LogP contribution in [0.1, 0.15) is 25.7 Å². The largest absolute Gasteiger partial charge is 0.326 e. The summed E-state index contributed by atoms with van der Waals surface area (Å²) in [6, 6.07) is 11.5. The van der Waals surface area contributed by atoms with Crippen LogP contribution in [0.2, 0.25) is 0 Å². The molecule has 1 fully saturated rings. The van der Waals surface area contributed by atoms with Crippen molar-refractivity contribution in [2.75, 3.05) is 10.6 Å². The number of halogens is 2. The van der Waals surface area contributed by atoms with Crippen molar-refractivity contribution < 1.29 is 18.4 Å². The predicted molar refractivity (Wildman–Crippen MR) is 95.5 cm³/mol. The second kappa shape index (κ2) is 8.08. The fraction of sp³-hybridized carbons (Fsp3) is 0.300. The van der Waals surface area contributed by atoms with Crippen LogP contribution in [-0.4, -0.2) is 11.8 Å². The lowest BCUT2D eigenvalue weighted by molar-refractivity contribution is -0.125. The minimum atomic E-state index is -0.402. The van der Waals surface area contributed by atoms with Crippen LogP contribution >= 0.6 is 0 Å². The molecule has 6 heteroatoms. The summed E-state index contributed by atoms with van der Waals surface area (Å²) >= 11 is 0. The predicted octanol–water partition coefficient (Wildman–Crippen LogP) is 4.35. The number of rotatable bonds is 4. The maximum Gasteiger partial charge on any atom is 0.227 e. The first kappa shape index (κ1) is 18.0. The second-order valence-corrected chi connectivity index (χ2v) is 6.55. The number of carbonyl (C=O) groups is 2. The fourth-order valence-electron chi connectivity index (χ4n) is 3.24. The Bertz CT molecular complexity index is 734. The topological polar surface area (TPSA) is 58.2 Å². The molecule has 0 aliphatic heterocycles. The van der Waals surface area contributed by atoms with E-state index in [0.29, 0.717) is 37.1 Å². The lowest BCUT2D eigenvalue weighted by atomic mass is 9.81. The number of nitrogens with one attached hydrogen (secondary N) is 2. The Balaban J connectivity index is 1.50. The van der Waals surface area contributed by atoms with Crippen LogP contribution in [0.5, 0.6) is 0 Å².